The molecule has 0 radical (unpaired) electrons. The molecule has 0 amide bonds. The predicted molar refractivity (Wildman–Crippen MR) is 82.4 cm³/mol. The third-order valence-electron chi connectivity index (χ3n) is 2.89. The Kier molecular flexibility index (Phi) is 6.00. The Hall–Kier alpha value is -0.0300. The number of guanidine groups is 1. The monoisotopic (exact) mass is 275 g/mol. The van der Waals surface area contributed by atoms with Gasteiger partial charge in [-0.3, -0.25) is 4.99 Å². The van der Waals surface area contributed by atoms with Gasteiger partial charge in [-0.1, -0.05) is 6.92 Å². The zero-order valence-corrected chi connectivity index (χ0v) is 13.2. The van der Waals surface area contributed by atoms with Gasteiger partial charge in [-0.25, -0.2) is 0 Å². The lowest BCUT2D eigenvalue weighted by Gasteiger charge is -2.39. The van der Waals surface area contributed by atoms with Gasteiger partial charge in [0.1, 0.15) is 0 Å². The van der Waals surface area contributed by atoms with E-state index in [9.17, 15) is 0 Å². The molecule has 0 aromatic carbocycles. The highest BCUT2D eigenvalue weighted by Gasteiger charge is 2.28. The molecule has 100 valence electrons. The Morgan fingerprint density at radius 2 is 2.29 bits per heavy atom. The summed E-state index contributed by atoms with van der Waals surface area (Å²) in [5, 5.41) is 4.10. The van der Waals surface area contributed by atoms with Crippen molar-refractivity contribution in [1.29, 1.82) is 0 Å². The normalized spacial score (nSPS) is 22.4. The molecule has 0 aromatic rings. The van der Waals surface area contributed by atoms with Crippen LogP contribution in [0.1, 0.15) is 20.8 Å². The smallest absolute Gasteiger partial charge is 0.193 e. The third kappa shape index (κ3) is 5.00. The summed E-state index contributed by atoms with van der Waals surface area (Å²) in [7, 11) is 1.88. The summed E-state index contributed by atoms with van der Waals surface area (Å²) in [6.07, 6.45) is 2.15. The molecule has 17 heavy (non-hydrogen) atoms. The Balaban J connectivity index is 2.50. The minimum Gasteiger partial charge on any atom is -0.355 e. The second-order valence-electron chi connectivity index (χ2n) is 5.00. The van der Waals surface area contributed by atoms with Crippen LogP contribution >= 0.6 is 23.5 Å². The van der Waals surface area contributed by atoms with Crippen molar-refractivity contribution in [2.75, 3.05) is 38.7 Å². The molecule has 1 N–H and O–H groups in total. The molecule has 1 aliphatic heterocycles. The molecule has 3 nitrogen and oxygen atoms in total. The largest absolute Gasteiger partial charge is 0.355 e. The number of thioether (sulfide) groups is 2. The number of hydrogen-bond acceptors (Lipinski definition) is 3. The van der Waals surface area contributed by atoms with Crippen molar-refractivity contribution in [1.82, 2.24) is 10.2 Å². The number of nitrogens with one attached hydrogen (secondary N) is 1. The van der Waals surface area contributed by atoms with Gasteiger partial charge in [0.05, 0.1) is 0 Å². The minimum absolute atomic E-state index is 0.334. The van der Waals surface area contributed by atoms with Crippen molar-refractivity contribution >= 4 is 29.5 Å². The van der Waals surface area contributed by atoms with Gasteiger partial charge in [-0.15, -0.1) is 0 Å². The molecule has 1 rings (SSSR count). The maximum atomic E-state index is 4.40. The first-order valence-corrected chi connectivity index (χ1v) is 8.38. The molecule has 0 saturated carbocycles. The summed E-state index contributed by atoms with van der Waals surface area (Å²) < 4.78 is 0.334. The van der Waals surface area contributed by atoms with E-state index in [1.165, 1.54) is 5.75 Å². The fourth-order valence-electron chi connectivity index (χ4n) is 1.85. The molecule has 1 unspecified atom stereocenters. The van der Waals surface area contributed by atoms with Crippen LogP contribution in [0.15, 0.2) is 4.99 Å². The predicted octanol–water partition coefficient (Wildman–Crippen LogP) is 2.14. The summed E-state index contributed by atoms with van der Waals surface area (Å²) >= 11 is 3.94. The average Bonchev–Trinajstić information content (AvgIpc) is 2.28. The first kappa shape index (κ1) is 15.0. The van der Waals surface area contributed by atoms with Crippen molar-refractivity contribution in [3.63, 3.8) is 0 Å². The number of nitrogens with zero attached hydrogens (tertiary/aromatic N) is 2. The average molecular weight is 275 g/mol. The maximum absolute atomic E-state index is 4.40. The minimum atomic E-state index is 0.334. The molecule has 5 heteroatoms. The van der Waals surface area contributed by atoms with Crippen molar-refractivity contribution in [2.45, 2.75) is 30.8 Å². The van der Waals surface area contributed by atoms with Gasteiger partial charge in [0.2, 0.25) is 0 Å². The first-order valence-electron chi connectivity index (χ1n) is 6.11. The molecular formula is C12H25N3S2. The zero-order chi connectivity index (χ0) is 12.9. The molecule has 1 aliphatic rings. The van der Waals surface area contributed by atoms with Gasteiger partial charge in [0.15, 0.2) is 5.96 Å². The lowest BCUT2D eigenvalue weighted by molar-refractivity contribution is 0.376. The van der Waals surface area contributed by atoms with E-state index >= 15 is 0 Å². The van der Waals surface area contributed by atoms with Gasteiger partial charge < -0.3 is 10.2 Å². The summed E-state index contributed by atoms with van der Waals surface area (Å²) in [6, 6.07) is 0. The van der Waals surface area contributed by atoms with Crippen LogP contribution in [0.5, 0.6) is 0 Å². The van der Waals surface area contributed by atoms with Gasteiger partial charge in [0, 0.05) is 42.4 Å². The fourth-order valence-corrected chi connectivity index (χ4v) is 3.21. The fraction of sp³-hybridized carbons (Fsp3) is 0.917. The number of aliphatic imine (C=N–C) groups is 1. The highest BCUT2D eigenvalue weighted by atomic mass is 32.2. The Morgan fingerprint density at radius 1 is 1.59 bits per heavy atom. The summed E-state index contributed by atoms with van der Waals surface area (Å²) in [6.45, 7) is 10.0. The topological polar surface area (TPSA) is 27.6 Å². The van der Waals surface area contributed by atoms with Crippen LogP contribution < -0.4 is 5.32 Å². The first-order chi connectivity index (χ1) is 7.98. The molecule has 0 aliphatic carbocycles. The molecular weight excluding hydrogens is 250 g/mol. The standard InChI is InChI=1S/C12H25N3S2/c1-10(16-5)8-14-11(13-4)15-6-7-17-12(2,3)9-15/h10H,6-9H2,1-5H3,(H,13,14). The van der Waals surface area contributed by atoms with Crippen LogP contribution in [-0.2, 0) is 0 Å². The summed E-state index contributed by atoms with van der Waals surface area (Å²) in [5.74, 6) is 2.24. The molecule has 0 spiro atoms. The Morgan fingerprint density at radius 3 is 2.82 bits per heavy atom. The molecule has 0 bridgehead atoms. The highest BCUT2D eigenvalue weighted by molar-refractivity contribution is 8.00. The van der Waals surface area contributed by atoms with Crippen LogP contribution in [0.4, 0.5) is 0 Å². The van der Waals surface area contributed by atoms with Gasteiger partial charge in [-0.2, -0.15) is 23.5 Å². The lowest BCUT2D eigenvalue weighted by atomic mass is 10.2. The van der Waals surface area contributed by atoms with Crippen molar-refractivity contribution < 1.29 is 0 Å². The Bertz CT molecular complexity index is 266. The number of rotatable bonds is 3. The van der Waals surface area contributed by atoms with E-state index < -0.39 is 0 Å². The van der Waals surface area contributed by atoms with E-state index in [0.29, 0.717) is 10.00 Å². The second-order valence-corrected chi connectivity index (χ2v) is 8.08. The van der Waals surface area contributed by atoms with Crippen molar-refractivity contribution in [2.24, 2.45) is 4.99 Å². The summed E-state index contributed by atoms with van der Waals surface area (Å²) in [5.41, 5.74) is 0. The van der Waals surface area contributed by atoms with E-state index in [2.05, 4.69) is 54.0 Å². The lowest BCUT2D eigenvalue weighted by Crippen LogP contribution is -2.51. The van der Waals surface area contributed by atoms with Crippen LogP contribution in [0.2, 0.25) is 0 Å². The zero-order valence-electron chi connectivity index (χ0n) is 11.6. The van der Waals surface area contributed by atoms with Crippen LogP contribution in [0.3, 0.4) is 0 Å². The second kappa shape index (κ2) is 6.78. The van der Waals surface area contributed by atoms with Crippen LogP contribution in [0, 0.1) is 0 Å². The van der Waals surface area contributed by atoms with Crippen molar-refractivity contribution in [3.05, 3.63) is 0 Å². The molecule has 1 saturated heterocycles. The highest BCUT2D eigenvalue weighted by Crippen LogP contribution is 2.29. The van der Waals surface area contributed by atoms with E-state index in [1.54, 1.807) is 0 Å². The van der Waals surface area contributed by atoms with Gasteiger partial charge >= 0.3 is 0 Å². The molecule has 1 heterocycles. The van der Waals surface area contributed by atoms with E-state index in [0.717, 1.165) is 25.6 Å². The van der Waals surface area contributed by atoms with E-state index in [4.69, 9.17) is 0 Å². The maximum Gasteiger partial charge on any atom is 0.193 e. The van der Waals surface area contributed by atoms with Crippen LogP contribution in [0.25, 0.3) is 0 Å². The SMILES string of the molecule is CN=C(NCC(C)SC)N1CCSC(C)(C)C1. The number of hydrogen-bond donors (Lipinski definition) is 1. The van der Waals surface area contributed by atoms with Crippen LogP contribution in [-0.4, -0.2) is 59.5 Å². The molecule has 0 aromatic heterocycles. The van der Waals surface area contributed by atoms with Gasteiger partial charge in [-0.05, 0) is 20.1 Å². The molecule has 1 fully saturated rings. The van der Waals surface area contributed by atoms with E-state index in [1.807, 2.05) is 18.8 Å². The van der Waals surface area contributed by atoms with E-state index in [-0.39, 0.29) is 0 Å². The molecule has 1 atom stereocenters. The van der Waals surface area contributed by atoms with Gasteiger partial charge in [0.25, 0.3) is 0 Å². The Labute approximate surface area is 114 Å². The summed E-state index contributed by atoms with van der Waals surface area (Å²) in [4.78, 5) is 6.77. The third-order valence-corrected chi connectivity index (χ3v) is 5.16. The quantitative estimate of drug-likeness (QED) is 0.631. The van der Waals surface area contributed by atoms with Crippen molar-refractivity contribution in [3.8, 4) is 0 Å².